The fourth-order valence-corrected chi connectivity index (χ4v) is 2.96. The minimum Gasteiger partial charge on any atom is -0.482 e. The van der Waals surface area contributed by atoms with Gasteiger partial charge in [0.15, 0.2) is 12.7 Å². The predicted octanol–water partition coefficient (Wildman–Crippen LogP) is 2.40. The smallest absolute Gasteiger partial charge is 0.308 e. The Morgan fingerprint density at radius 3 is 2.57 bits per heavy atom. The molecule has 7 nitrogen and oxygen atoms in total. The van der Waals surface area contributed by atoms with E-state index in [-0.39, 0.29) is 31.4 Å². The van der Waals surface area contributed by atoms with E-state index in [1.165, 1.54) is 16.7 Å². The molecule has 1 atom stereocenters. The number of amides is 2. The van der Waals surface area contributed by atoms with E-state index in [2.05, 4.69) is 0 Å². The fourth-order valence-electron chi connectivity index (χ4n) is 2.96. The van der Waals surface area contributed by atoms with E-state index < -0.39 is 12.1 Å². The van der Waals surface area contributed by atoms with E-state index in [1.54, 1.807) is 37.4 Å². The predicted molar refractivity (Wildman–Crippen MR) is 104 cm³/mol. The summed E-state index contributed by atoms with van der Waals surface area (Å²) in [5.74, 6) is -0.491. The fraction of sp³-hybridized carbons (Fsp3) is 0.286. The van der Waals surface area contributed by atoms with Crippen molar-refractivity contribution in [3.8, 4) is 5.75 Å². The number of para-hydroxylation sites is 3. The van der Waals surface area contributed by atoms with Gasteiger partial charge in [-0.1, -0.05) is 30.3 Å². The van der Waals surface area contributed by atoms with Gasteiger partial charge >= 0.3 is 5.97 Å². The minimum atomic E-state index is -0.926. The number of carbonyl (C=O) groups is 3. The molecule has 7 heteroatoms. The first-order valence-electron chi connectivity index (χ1n) is 9.01. The van der Waals surface area contributed by atoms with Crippen LogP contribution in [0.25, 0.3) is 0 Å². The Kier molecular flexibility index (Phi) is 5.93. The van der Waals surface area contributed by atoms with Gasteiger partial charge in [0.25, 0.3) is 11.8 Å². The number of hydrogen-bond acceptors (Lipinski definition) is 5. The molecule has 0 unspecified atom stereocenters. The molecule has 0 spiro atoms. The van der Waals surface area contributed by atoms with Gasteiger partial charge in [0.1, 0.15) is 5.75 Å². The van der Waals surface area contributed by atoms with Crippen LogP contribution < -0.4 is 14.5 Å². The maximum atomic E-state index is 12.5. The zero-order valence-electron chi connectivity index (χ0n) is 15.8. The molecule has 0 bridgehead atoms. The molecule has 0 N–H and O–H groups in total. The molecule has 0 radical (unpaired) electrons. The van der Waals surface area contributed by atoms with Gasteiger partial charge in [0.05, 0.1) is 12.1 Å². The number of likely N-dealkylation sites (N-methyl/N-ethyl adjacent to an activating group) is 1. The number of hydrogen-bond donors (Lipinski definition) is 0. The summed E-state index contributed by atoms with van der Waals surface area (Å²) in [7, 11) is 1.63. The van der Waals surface area contributed by atoms with Crippen molar-refractivity contribution >= 4 is 29.2 Å². The molecule has 1 aliphatic rings. The molecule has 0 aromatic heterocycles. The molecule has 28 heavy (non-hydrogen) atoms. The molecule has 146 valence electrons. The highest BCUT2D eigenvalue weighted by molar-refractivity contribution is 5.98. The summed E-state index contributed by atoms with van der Waals surface area (Å²) < 4.78 is 10.6. The van der Waals surface area contributed by atoms with Crippen molar-refractivity contribution < 1.29 is 23.9 Å². The third-order valence-electron chi connectivity index (χ3n) is 4.48. The quantitative estimate of drug-likeness (QED) is 0.717. The van der Waals surface area contributed by atoms with E-state index in [9.17, 15) is 14.4 Å². The molecule has 2 aromatic carbocycles. The van der Waals surface area contributed by atoms with Crippen molar-refractivity contribution in [2.75, 3.05) is 30.0 Å². The lowest BCUT2D eigenvalue weighted by Gasteiger charge is -2.29. The lowest BCUT2D eigenvalue weighted by Crippen LogP contribution is -2.41. The second kappa shape index (κ2) is 8.56. The van der Waals surface area contributed by atoms with Gasteiger partial charge in [-0.2, -0.15) is 0 Å². The van der Waals surface area contributed by atoms with Crippen LogP contribution in [-0.2, 0) is 19.1 Å². The normalized spacial score (nSPS) is 13.9. The van der Waals surface area contributed by atoms with Crippen LogP contribution in [-0.4, -0.2) is 44.1 Å². The topological polar surface area (TPSA) is 76.1 Å². The van der Waals surface area contributed by atoms with Gasteiger partial charge in [0.2, 0.25) is 0 Å². The van der Waals surface area contributed by atoms with E-state index in [0.29, 0.717) is 17.1 Å². The number of carbonyl (C=O) groups excluding carboxylic acids is 3. The van der Waals surface area contributed by atoms with Crippen LogP contribution in [0, 0.1) is 0 Å². The summed E-state index contributed by atoms with van der Waals surface area (Å²) >= 11 is 0. The van der Waals surface area contributed by atoms with Gasteiger partial charge < -0.3 is 19.3 Å². The van der Waals surface area contributed by atoms with Crippen LogP contribution >= 0.6 is 0 Å². The molecule has 0 saturated heterocycles. The Morgan fingerprint density at radius 1 is 1.14 bits per heavy atom. The Balaban J connectivity index is 1.56. The average molecular weight is 382 g/mol. The maximum absolute atomic E-state index is 12.5. The van der Waals surface area contributed by atoms with Gasteiger partial charge in [-0.15, -0.1) is 0 Å². The summed E-state index contributed by atoms with van der Waals surface area (Å²) in [5.41, 5.74) is 1.34. The third-order valence-corrected chi connectivity index (χ3v) is 4.48. The van der Waals surface area contributed by atoms with Gasteiger partial charge in [-0.3, -0.25) is 14.4 Å². The van der Waals surface area contributed by atoms with Crippen LogP contribution in [0.15, 0.2) is 54.6 Å². The van der Waals surface area contributed by atoms with E-state index >= 15 is 0 Å². The lowest BCUT2D eigenvalue weighted by atomic mass is 10.2. The molecule has 1 heterocycles. The summed E-state index contributed by atoms with van der Waals surface area (Å²) in [5, 5.41) is 0. The number of esters is 1. The van der Waals surface area contributed by atoms with Crippen LogP contribution in [0.3, 0.4) is 0 Å². The standard InChI is InChI=1S/C21H22N2O5/c1-15(21(26)22(2)16-8-4-3-5-9-16)28-20(25)12-13-23-17-10-6-7-11-18(17)27-14-19(23)24/h3-11,15H,12-14H2,1-2H3/t15-/m0/s1. The number of rotatable bonds is 6. The number of benzene rings is 2. The Bertz CT molecular complexity index is 868. The van der Waals surface area contributed by atoms with Crippen molar-refractivity contribution in [1.82, 2.24) is 0 Å². The van der Waals surface area contributed by atoms with Crippen molar-refractivity contribution in [2.45, 2.75) is 19.4 Å². The molecule has 2 amide bonds. The van der Waals surface area contributed by atoms with E-state index in [0.717, 1.165) is 0 Å². The van der Waals surface area contributed by atoms with Crippen LogP contribution in [0.4, 0.5) is 11.4 Å². The molecule has 2 aromatic rings. The van der Waals surface area contributed by atoms with Crippen LogP contribution in [0.1, 0.15) is 13.3 Å². The first-order valence-corrected chi connectivity index (χ1v) is 9.01. The summed E-state index contributed by atoms with van der Waals surface area (Å²) in [6.45, 7) is 1.63. The third kappa shape index (κ3) is 4.31. The highest BCUT2D eigenvalue weighted by atomic mass is 16.5. The Morgan fingerprint density at radius 2 is 1.82 bits per heavy atom. The van der Waals surface area contributed by atoms with Crippen LogP contribution in [0.5, 0.6) is 5.75 Å². The number of anilines is 2. The molecule has 0 fully saturated rings. The highest BCUT2D eigenvalue weighted by Crippen LogP contribution is 2.31. The summed E-state index contributed by atoms with van der Waals surface area (Å²) in [6.07, 6.45) is -0.947. The monoisotopic (exact) mass is 382 g/mol. The molecular weight excluding hydrogens is 360 g/mol. The zero-order valence-corrected chi connectivity index (χ0v) is 15.8. The first kappa shape index (κ1) is 19.4. The van der Waals surface area contributed by atoms with Gasteiger partial charge in [-0.05, 0) is 31.2 Å². The summed E-state index contributed by atoms with van der Waals surface area (Å²) in [6, 6.07) is 16.3. The average Bonchev–Trinajstić information content (AvgIpc) is 2.72. The first-order chi connectivity index (χ1) is 13.5. The van der Waals surface area contributed by atoms with E-state index in [1.807, 2.05) is 24.3 Å². The zero-order chi connectivity index (χ0) is 20.1. The number of ether oxygens (including phenoxy) is 2. The van der Waals surface area contributed by atoms with E-state index in [4.69, 9.17) is 9.47 Å². The largest absolute Gasteiger partial charge is 0.482 e. The second-order valence-corrected chi connectivity index (χ2v) is 6.42. The Labute approximate surface area is 163 Å². The van der Waals surface area contributed by atoms with Gasteiger partial charge in [-0.25, -0.2) is 0 Å². The van der Waals surface area contributed by atoms with Crippen LogP contribution in [0.2, 0.25) is 0 Å². The lowest BCUT2D eigenvalue weighted by molar-refractivity contribution is -0.153. The summed E-state index contributed by atoms with van der Waals surface area (Å²) in [4.78, 5) is 39.8. The Hall–Kier alpha value is -3.35. The molecular formula is C21H22N2O5. The number of nitrogens with zero attached hydrogens (tertiary/aromatic N) is 2. The minimum absolute atomic E-state index is 0.0211. The van der Waals surface area contributed by atoms with Crippen molar-refractivity contribution in [3.05, 3.63) is 54.6 Å². The molecule has 3 rings (SSSR count). The van der Waals surface area contributed by atoms with Gasteiger partial charge in [0, 0.05) is 19.3 Å². The SMILES string of the molecule is C[C@H](OC(=O)CCN1C(=O)COc2ccccc21)C(=O)N(C)c1ccccc1. The maximum Gasteiger partial charge on any atom is 0.308 e. The van der Waals surface area contributed by atoms with Crippen molar-refractivity contribution in [3.63, 3.8) is 0 Å². The molecule has 0 aliphatic carbocycles. The number of fused-ring (bicyclic) bond motifs is 1. The highest BCUT2D eigenvalue weighted by Gasteiger charge is 2.27. The van der Waals surface area contributed by atoms with Crippen molar-refractivity contribution in [2.24, 2.45) is 0 Å². The molecule has 0 saturated carbocycles. The molecule has 1 aliphatic heterocycles. The van der Waals surface area contributed by atoms with Crippen molar-refractivity contribution in [1.29, 1.82) is 0 Å². The second-order valence-electron chi connectivity index (χ2n) is 6.42.